The summed E-state index contributed by atoms with van der Waals surface area (Å²) in [4.78, 5) is 0. The van der Waals surface area contributed by atoms with Crippen LogP contribution in [-0.2, 0) is 11.2 Å². The highest BCUT2D eigenvalue weighted by molar-refractivity contribution is 9.10. The van der Waals surface area contributed by atoms with E-state index < -0.39 is 0 Å². The molecule has 0 aliphatic rings. The van der Waals surface area contributed by atoms with Crippen LogP contribution in [0.25, 0.3) is 0 Å². The number of ether oxygens (including phenoxy) is 1. The van der Waals surface area contributed by atoms with Crippen molar-refractivity contribution in [2.45, 2.75) is 39.2 Å². The van der Waals surface area contributed by atoms with Crippen molar-refractivity contribution in [3.8, 4) is 0 Å². The van der Waals surface area contributed by atoms with Crippen LogP contribution >= 0.6 is 15.9 Å². The molecule has 2 atom stereocenters. The molecule has 0 aliphatic heterocycles. The minimum atomic E-state index is 0.316. The minimum absolute atomic E-state index is 0.316. The highest BCUT2D eigenvalue weighted by Crippen LogP contribution is 2.22. The molecule has 108 valence electrons. The highest BCUT2D eigenvalue weighted by atomic mass is 79.9. The van der Waals surface area contributed by atoms with Crippen molar-refractivity contribution in [2.75, 3.05) is 20.2 Å². The average Bonchev–Trinajstić information content (AvgIpc) is 2.41. The molecule has 0 spiro atoms. The lowest BCUT2D eigenvalue weighted by atomic mass is 9.94. The number of nitrogens with one attached hydrogen (secondary N) is 1. The van der Waals surface area contributed by atoms with Gasteiger partial charge in [0.1, 0.15) is 0 Å². The first-order valence-corrected chi connectivity index (χ1v) is 7.93. The van der Waals surface area contributed by atoms with Crippen molar-refractivity contribution in [3.05, 3.63) is 34.3 Å². The molecule has 0 bridgehead atoms. The zero-order valence-electron chi connectivity index (χ0n) is 12.3. The molecule has 1 aromatic carbocycles. The van der Waals surface area contributed by atoms with Gasteiger partial charge >= 0.3 is 0 Å². The number of benzene rings is 1. The molecule has 19 heavy (non-hydrogen) atoms. The Morgan fingerprint density at radius 2 is 2.05 bits per heavy atom. The zero-order chi connectivity index (χ0) is 14.1. The Balaban J connectivity index is 2.59. The van der Waals surface area contributed by atoms with Gasteiger partial charge in [0.05, 0.1) is 6.10 Å². The molecule has 1 rings (SSSR count). The third-order valence-corrected chi connectivity index (χ3v) is 4.17. The summed E-state index contributed by atoms with van der Waals surface area (Å²) < 4.78 is 6.62. The number of hydrogen-bond acceptors (Lipinski definition) is 2. The van der Waals surface area contributed by atoms with Gasteiger partial charge in [0.15, 0.2) is 0 Å². The van der Waals surface area contributed by atoms with E-state index >= 15 is 0 Å². The molecule has 1 N–H and O–H groups in total. The van der Waals surface area contributed by atoms with Gasteiger partial charge in [-0.05, 0) is 56.8 Å². The molecular formula is C16H26BrNO. The van der Waals surface area contributed by atoms with Crippen molar-refractivity contribution in [1.82, 2.24) is 5.32 Å². The molecule has 2 nitrogen and oxygen atoms in total. The smallest absolute Gasteiger partial charge is 0.0546 e. The van der Waals surface area contributed by atoms with Gasteiger partial charge < -0.3 is 10.1 Å². The van der Waals surface area contributed by atoms with Crippen molar-refractivity contribution >= 4 is 15.9 Å². The molecule has 0 aromatic heterocycles. The second-order valence-electron chi connectivity index (χ2n) is 5.15. The highest BCUT2D eigenvalue weighted by Gasteiger charge is 2.14. The van der Waals surface area contributed by atoms with Crippen LogP contribution in [0.5, 0.6) is 0 Å². The average molecular weight is 328 g/mol. The Morgan fingerprint density at radius 3 is 2.68 bits per heavy atom. The largest absolute Gasteiger partial charge is 0.382 e. The fourth-order valence-corrected chi connectivity index (χ4v) is 2.71. The van der Waals surface area contributed by atoms with Crippen LogP contribution in [0.1, 0.15) is 32.3 Å². The Bertz CT molecular complexity index is 356. The lowest BCUT2D eigenvalue weighted by Crippen LogP contribution is -2.28. The van der Waals surface area contributed by atoms with Gasteiger partial charge in [-0.15, -0.1) is 0 Å². The van der Waals surface area contributed by atoms with Crippen LogP contribution in [0, 0.1) is 5.92 Å². The first-order chi connectivity index (χ1) is 9.17. The first kappa shape index (κ1) is 16.7. The maximum atomic E-state index is 5.42. The summed E-state index contributed by atoms with van der Waals surface area (Å²) >= 11 is 3.64. The summed E-state index contributed by atoms with van der Waals surface area (Å²) in [6.45, 7) is 6.50. The minimum Gasteiger partial charge on any atom is -0.382 e. The summed E-state index contributed by atoms with van der Waals surface area (Å²) in [5.41, 5.74) is 1.38. The van der Waals surface area contributed by atoms with E-state index in [1.54, 1.807) is 7.11 Å². The van der Waals surface area contributed by atoms with Crippen molar-refractivity contribution in [2.24, 2.45) is 5.92 Å². The van der Waals surface area contributed by atoms with Gasteiger partial charge in [-0.1, -0.05) is 41.1 Å². The SMILES string of the molecule is CCCNCC(Cc1ccccc1Br)CC(C)OC. The van der Waals surface area contributed by atoms with Crippen molar-refractivity contribution < 1.29 is 4.74 Å². The molecule has 3 heteroatoms. The van der Waals surface area contributed by atoms with Gasteiger partial charge in [-0.2, -0.15) is 0 Å². The molecule has 0 amide bonds. The van der Waals surface area contributed by atoms with E-state index in [9.17, 15) is 0 Å². The molecule has 0 saturated heterocycles. The Hall–Kier alpha value is -0.380. The number of halogens is 1. The summed E-state index contributed by atoms with van der Waals surface area (Å²) in [6, 6.07) is 8.49. The van der Waals surface area contributed by atoms with E-state index in [0.717, 1.165) is 25.9 Å². The van der Waals surface area contributed by atoms with E-state index in [2.05, 4.69) is 59.4 Å². The molecule has 0 fully saturated rings. The van der Waals surface area contributed by atoms with Gasteiger partial charge in [0.2, 0.25) is 0 Å². The lowest BCUT2D eigenvalue weighted by Gasteiger charge is -2.21. The molecule has 0 saturated carbocycles. The van der Waals surface area contributed by atoms with Gasteiger partial charge in [-0.3, -0.25) is 0 Å². The molecule has 0 radical (unpaired) electrons. The zero-order valence-corrected chi connectivity index (χ0v) is 13.9. The maximum absolute atomic E-state index is 5.42. The molecule has 0 aliphatic carbocycles. The summed E-state index contributed by atoms with van der Waals surface area (Å²) in [5, 5.41) is 3.53. The third kappa shape index (κ3) is 6.55. The van der Waals surface area contributed by atoms with E-state index in [1.807, 2.05) is 0 Å². The van der Waals surface area contributed by atoms with E-state index in [0.29, 0.717) is 12.0 Å². The van der Waals surface area contributed by atoms with E-state index in [-0.39, 0.29) is 0 Å². The van der Waals surface area contributed by atoms with Gasteiger partial charge in [0, 0.05) is 11.6 Å². The predicted octanol–water partition coefficient (Wildman–Crippen LogP) is 4.03. The van der Waals surface area contributed by atoms with Crippen LogP contribution in [0.3, 0.4) is 0 Å². The topological polar surface area (TPSA) is 21.3 Å². The van der Waals surface area contributed by atoms with Crippen LogP contribution < -0.4 is 5.32 Å². The standard InChI is InChI=1S/C16H26BrNO/c1-4-9-18-12-14(10-13(2)19-3)11-15-7-5-6-8-16(15)17/h5-8,13-14,18H,4,9-12H2,1-3H3. The lowest BCUT2D eigenvalue weighted by molar-refractivity contribution is 0.0946. The maximum Gasteiger partial charge on any atom is 0.0546 e. The number of hydrogen-bond donors (Lipinski definition) is 1. The Morgan fingerprint density at radius 1 is 1.32 bits per heavy atom. The van der Waals surface area contributed by atoms with Crippen molar-refractivity contribution in [3.63, 3.8) is 0 Å². The summed E-state index contributed by atoms with van der Waals surface area (Å²) in [7, 11) is 1.79. The quantitative estimate of drug-likeness (QED) is 0.691. The number of rotatable bonds is 9. The van der Waals surface area contributed by atoms with Crippen LogP contribution in [0.2, 0.25) is 0 Å². The van der Waals surface area contributed by atoms with Gasteiger partial charge in [0.25, 0.3) is 0 Å². The van der Waals surface area contributed by atoms with Gasteiger partial charge in [-0.25, -0.2) is 0 Å². The molecule has 1 aromatic rings. The molecule has 2 unspecified atom stereocenters. The van der Waals surface area contributed by atoms with E-state index in [4.69, 9.17) is 4.74 Å². The normalized spacial score (nSPS) is 14.3. The molecule has 0 heterocycles. The van der Waals surface area contributed by atoms with Crippen molar-refractivity contribution in [1.29, 1.82) is 0 Å². The third-order valence-electron chi connectivity index (χ3n) is 3.39. The number of methoxy groups -OCH3 is 1. The fourth-order valence-electron chi connectivity index (χ4n) is 2.26. The predicted molar refractivity (Wildman–Crippen MR) is 85.6 cm³/mol. The van der Waals surface area contributed by atoms with Crippen LogP contribution in [-0.4, -0.2) is 26.3 Å². The summed E-state index contributed by atoms with van der Waals surface area (Å²) in [6.07, 6.45) is 3.68. The summed E-state index contributed by atoms with van der Waals surface area (Å²) in [5.74, 6) is 0.611. The van der Waals surface area contributed by atoms with Crippen LogP contribution in [0.4, 0.5) is 0 Å². The monoisotopic (exact) mass is 327 g/mol. The van der Waals surface area contributed by atoms with Crippen LogP contribution in [0.15, 0.2) is 28.7 Å². The Labute approximate surface area is 126 Å². The first-order valence-electron chi connectivity index (χ1n) is 7.14. The Kier molecular flexibility index (Phi) is 8.35. The second kappa shape index (κ2) is 9.51. The second-order valence-corrected chi connectivity index (χ2v) is 6.00. The van der Waals surface area contributed by atoms with E-state index in [1.165, 1.54) is 16.5 Å². The molecular weight excluding hydrogens is 302 g/mol. The fraction of sp³-hybridized carbons (Fsp3) is 0.625.